The van der Waals surface area contributed by atoms with Crippen LogP contribution in [0.2, 0.25) is 0 Å². The number of carbonyl (C=O) groups is 2. The summed E-state index contributed by atoms with van der Waals surface area (Å²) in [5.41, 5.74) is 4.87. The highest BCUT2D eigenvalue weighted by Gasteiger charge is 2.49. The first-order valence-electron chi connectivity index (χ1n) is 10.2. The monoisotopic (exact) mass is 471 g/mol. The highest BCUT2D eigenvalue weighted by atomic mass is 35.5. The molecule has 0 saturated carbocycles. The molecule has 3 rings (SSSR count). The van der Waals surface area contributed by atoms with Crippen molar-refractivity contribution in [1.29, 1.82) is 0 Å². The summed E-state index contributed by atoms with van der Waals surface area (Å²) >= 11 is 6.35. The molecule has 3 atom stereocenters. The van der Waals surface area contributed by atoms with Crippen LogP contribution >= 0.6 is 11.6 Å². The summed E-state index contributed by atoms with van der Waals surface area (Å²) in [6.07, 6.45) is 2.79. The lowest BCUT2D eigenvalue weighted by Crippen LogP contribution is -2.47. The Balaban J connectivity index is 1.96. The standard InChI is InChI=1S/C24H26ClN3O5/c1-24(2,22(25)33-23(26)30)19(21(29)31-3)20(28-14-13-27-15-28)32-18-11-9-17(10-12-18)16-7-5-4-6-8-16/h4-15,19-20,22H,1-3H3,(H2,26,30). The summed E-state index contributed by atoms with van der Waals surface area (Å²) in [6, 6.07) is 17.4. The molecule has 0 aliphatic carbocycles. The van der Waals surface area contributed by atoms with Crippen molar-refractivity contribution >= 4 is 23.7 Å². The lowest BCUT2D eigenvalue weighted by Gasteiger charge is -2.39. The van der Waals surface area contributed by atoms with Crippen molar-refractivity contribution < 1.29 is 23.8 Å². The number of nitrogens with two attached hydrogens (primary N) is 1. The van der Waals surface area contributed by atoms with Crippen LogP contribution in [-0.4, -0.2) is 34.3 Å². The number of nitrogens with zero attached hydrogens (tertiary/aromatic N) is 2. The Morgan fingerprint density at radius 3 is 2.24 bits per heavy atom. The molecule has 2 aromatic carbocycles. The maximum absolute atomic E-state index is 12.9. The Labute approximate surface area is 197 Å². The number of carbonyl (C=O) groups excluding carboxylic acids is 2. The Hall–Kier alpha value is -3.52. The Morgan fingerprint density at radius 2 is 1.70 bits per heavy atom. The summed E-state index contributed by atoms with van der Waals surface area (Å²) in [4.78, 5) is 28.3. The van der Waals surface area contributed by atoms with E-state index in [0.717, 1.165) is 11.1 Å². The number of methoxy groups -OCH3 is 1. The zero-order valence-electron chi connectivity index (χ0n) is 18.6. The van der Waals surface area contributed by atoms with Crippen molar-refractivity contribution in [3.63, 3.8) is 0 Å². The summed E-state index contributed by atoms with van der Waals surface area (Å²) < 4.78 is 17.9. The van der Waals surface area contributed by atoms with Gasteiger partial charge in [-0.1, -0.05) is 67.9 Å². The molecule has 3 unspecified atom stereocenters. The van der Waals surface area contributed by atoms with Gasteiger partial charge in [-0.05, 0) is 23.3 Å². The molecule has 0 radical (unpaired) electrons. The Kier molecular flexibility index (Phi) is 7.60. The molecule has 1 aromatic heterocycles. The van der Waals surface area contributed by atoms with Crippen molar-refractivity contribution in [2.75, 3.05) is 7.11 Å². The fraction of sp³-hybridized carbons (Fsp3) is 0.292. The average Bonchev–Trinajstić information content (AvgIpc) is 3.34. The van der Waals surface area contributed by atoms with Gasteiger partial charge in [0, 0.05) is 17.8 Å². The fourth-order valence-electron chi connectivity index (χ4n) is 3.53. The average molecular weight is 472 g/mol. The molecular weight excluding hydrogens is 446 g/mol. The van der Waals surface area contributed by atoms with Crippen LogP contribution in [0.4, 0.5) is 4.79 Å². The molecule has 0 saturated heterocycles. The van der Waals surface area contributed by atoms with Gasteiger partial charge in [0.1, 0.15) is 11.7 Å². The topological polar surface area (TPSA) is 106 Å². The SMILES string of the molecule is COC(=O)C(C(Oc1ccc(-c2ccccc2)cc1)n1ccnc1)C(C)(C)C(Cl)OC(N)=O. The number of rotatable bonds is 9. The minimum atomic E-state index is -1.23. The van der Waals surface area contributed by atoms with Crippen LogP contribution in [0.25, 0.3) is 11.1 Å². The van der Waals surface area contributed by atoms with Crippen molar-refractivity contribution in [3.8, 4) is 16.9 Å². The number of amides is 1. The second-order valence-corrected chi connectivity index (χ2v) is 8.38. The van der Waals surface area contributed by atoms with E-state index in [0.29, 0.717) is 5.75 Å². The van der Waals surface area contributed by atoms with E-state index in [-0.39, 0.29) is 0 Å². The van der Waals surface area contributed by atoms with Crippen molar-refractivity contribution in [3.05, 3.63) is 73.3 Å². The first-order chi connectivity index (χ1) is 15.7. The van der Waals surface area contributed by atoms with E-state index in [1.807, 2.05) is 54.6 Å². The van der Waals surface area contributed by atoms with Gasteiger partial charge in [-0.2, -0.15) is 0 Å². The van der Waals surface area contributed by atoms with Crippen molar-refractivity contribution in [2.45, 2.75) is 25.6 Å². The van der Waals surface area contributed by atoms with Crippen LogP contribution in [0.1, 0.15) is 20.1 Å². The quantitative estimate of drug-likeness (QED) is 0.361. The van der Waals surface area contributed by atoms with Crippen LogP contribution in [-0.2, 0) is 14.3 Å². The molecule has 1 heterocycles. The number of imidazole rings is 1. The number of hydrogen-bond donors (Lipinski definition) is 1. The predicted molar refractivity (Wildman–Crippen MR) is 123 cm³/mol. The van der Waals surface area contributed by atoms with E-state index < -0.39 is 35.2 Å². The highest BCUT2D eigenvalue weighted by Crippen LogP contribution is 2.43. The van der Waals surface area contributed by atoms with Crippen LogP contribution in [0, 0.1) is 11.3 Å². The van der Waals surface area contributed by atoms with Gasteiger partial charge in [0.2, 0.25) is 0 Å². The van der Waals surface area contributed by atoms with E-state index in [4.69, 9.17) is 31.5 Å². The minimum absolute atomic E-state index is 0.514. The van der Waals surface area contributed by atoms with Crippen molar-refractivity contribution in [1.82, 2.24) is 9.55 Å². The van der Waals surface area contributed by atoms with Gasteiger partial charge in [-0.15, -0.1) is 0 Å². The molecule has 0 aliphatic heterocycles. The summed E-state index contributed by atoms with van der Waals surface area (Å²) in [6.45, 7) is 3.34. The molecule has 0 aliphatic rings. The van der Waals surface area contributed by atoms with Gasteiger partial charge < -0.3 is 24.5 Å². The maximum atomic E-state index is 12.9. The van der Waals surface area contributed by atoms with Gasteiger partial charge in [0.05, 0.1) is 13.4 Å². The molecule has 3 aromatic rings. The van der Waals surface area contributed by atoms with Crippen molar-refractivity contribution in [2.24, 2.45) is 17.1 Å². The number of aromatic nitrogens is 2. The second kappa shape index (κ2) is 10.4. The smallest absolute Gasteiger partial charge is 0.406 e. The number of primary amides is 1. The molecule has 8 nitrogen and oxygen atoms in total. The number of ether oxygens (including phenoxy) is 3. The van der Waals surface area contributed by atoms with E-state index in [9.17, 15) is 9.59 Å². The maximum Gasteiger partial charge on any atom is 0.406 e. The minimum Gasteiger partial charge on any atom is -0.469 e. The number of hydrogen-bond acceptors (Lipinski definition) is 6. The molecule has 33 heavy (non-hydrogen) atoms. The first-order valence-corrected chi connectivity index (χ1v) is 10.6. The Morgan fingerprint density at radius 1 is 1.06 bits per heavy atom. The largest absolute Gasteiger partial charge is 0.469 e. The molecule has 2 N–H and O–H groups in total. The highest BCUT2D eigenvalue weighted by molar-refractivity contribution is 6.20. The van der Waals surface area contributed by atoms with E-state index in [1.54, 1.807) is 30.8 Å². The lowest BCUT2D eigenvalue weighted by molar-refractivity contribution is -0.161. The van der Waals surface area contributed by atoms with E-state index in [1.165, 1.54) is 13.4 Å². The van der Waals surface area contributed by atoms with Crippen LogP contribution < -0.4 is 10.5 Å². The zero-order valence-corrected chi connectivity index (χ0v) is 19.3. The van der Waals surface area contributed by atoms with Crippen LogP contribution in [0.15, 0.2) is 73.3 Å². The van der Waals surface area contributed by atoms with Gasteiger partial charge in [-0.25, -0.2) is 9.78 Å². The van der Waals surface area contributed by atoms with Gasteiger partial charge in [0.25, 0.3) is 0 Å². The third-order valence-electron chi connectivity index (χ3n) is 5.38. The number of benzene rings is 2. The second-order valence-electron chi connectivity index (χ2n) is 7.98. The summed E-state index contributed by atoms with van der Waals surface area (Å²) in [5, 5.41) is 0. The van der Waals surface area contributed by atoms with E-state index in [2.05, 4.69) is 4.98 Å². The molecule has 0 bridgehead atoms. The normalized spacial score (nSPS) is 14.1. The third-order valence-corrected chi connectivity index (χ3v) is 6.03. The van der Waals surface area contributed by atoms with Gasteiger partial charge in [-0.3, -0.25) is 4.79 Å². The van der Waals surface area contributed by atoms with Gasteiger partial charge in [0.15, 0.2) is 11.8 Å². The van der Waals surface area contributed by atoms with Crippen LogP contribution in [0.5, 0.6) is 5.75 Å². The number of halogens is 1. The third kappa shape index (κ3) is 5.64. The molecule has 0 spiro atoms. The number of esters is 1. The lowest BCUT2D eigenvalue weighted by atomic mass is 9.77. The molecule has 0 fully saturated rings. The molecule has 174 valence electrons. The molecule has 1 amide bonds. The first kappa shape index (κ1) is 24.1. The van der Waals surface area contributed by atoms with E-state index >= 15 is 0 Å². The Bertz CT molecular complexity index is 1060. The fourth-order valence-corrected chi connectivity index (χ4v) is 3.75. The van der Waals surface area contributed by atoms with Crippen LogP contribution in [0.3, 0.4) is 0 Å². The summed E-state index contributed by atoms with van der Waals surface area (Å²) in [5.74, 6) is -1.08. The molecular formula is C24H26ClN3O5. The molecule has 9 heteroatoms. The summed E-state index contributed by atoms with van der Waals surface area (Å²) in [7, 11) is 1.27. The predicted octanol–water partition coefficient (Wildman–Crippen LogP) is 4.60. The van der Waals surface area contributed by atoms with Gasteiger partial charge >= 0.3 is 12.1 Å². The number of alkyl halides is 1. The zero-order chi connectivity index (χ0) is 24.0.